The van der Waals surface area contributed by atoms with Gasteiger partial charge in [-0.15, -0.1) is 0 Å². The summed E-state index contributed by atoms with van der Waals surface area (Å²) in [5, 5.41) is 0. The molecule has 0 nitrogen and oxygen atoms in total. The van der Waals surface area contributed by atoms with Crippen LogP contribution in [-0.4, -0.2) is 0 Å². The zero-order valence-electron chi connectivity index (χ0n) is 9.35. The highest BCUT2D eigenvalue weighted by Gasteiger charge is 2.14. The van der Waals surface area contributed by atoms with Crippen LogP contribution in [0.3, 0.4) is 0 Å². The molecule has 0 N–H and O–H groups in total. The lowest BCUT2D eigenvalue weighted by atomic mass is 9.93. The van der Waals surface area contributed by atoms with Crippen LogP contribution in [0, 0.1) is 0 Å². The van der Waals surface area contributed by atoms with Crippen molar-refractivity contribution in [1.29, 1.82) is 0 Å². The number of hydrogen-bond donors (Lipinski definition) is 0. The summed E-state index contributed by atoms with van der Waals surface area (Å²) in [6, 6.07) is 17.3. The Hall–Kier alpha value is -1.82. The van der Waals surface area contributed by atoms with Crippen LogP contribution in [0.15, 0.2) is 54.6 Å². The summed E-state index contributed by atoms with van der Waals surface area (Å²) in [7, 11) is 0. The highest BCUT2D eigenvalue weighted by molar-refractivity contribution is 5.80. The number of fused-ring (bicyclic) bond motifs is 3. The van der Waals surface area contributed by atoms with Crippen molar-refractivity contribution in [1.82, 2.24) is 0 Å². The van der Waals surface area contributed by atoms with E-state index in [1.54, 1.807) is 0 Å². The Balaban J connectivity index is 2.34. The third-order valence-corrected chi connectivity index (χ3v) is 3.27. The van der Waals surface area contributed by atoms with Crippen LogP contribution in [0.4, 0.5) is 0 Å². The molecule has 0 spiro atoms. The number of rotatable bonds is 0. The third kappa shape index (κ3) is 1.38. The Kier molecular flexibility index (Phi) is 2.14. The standard InChI is InChI=1S/C16H14/c1-12-10-11-13-6-2-3-8-15(13)16-9-5-4-7-14(12)16/h2-12H,1H3. The van der Waals surface area contributed by atoms with E-state index < -0.39 is 0 Å². The average Bonchev–Trinajstić information content (AvgIpc) is 2.49. The van der Waals surface area contributed by atoms with Crippen molar-refractivity contribution in [2.45, 2.75) is 12.8 Å². The van der Waals surface area contributed by atoms with Crippen LogP contribution in [0.25, 0.3) is 17.2 Å². The molecule has 1 unspecified atom stereocenters. The summed E-state index contributed by atoms with van der Waals surface area (Å²) in [6.45, 7) is 2.25. The molecule has 2 aromatic carbocycles. The molecule has 0 aliphatic heterocycles. The lowest BCUT2D eigenvalue weighted by Crippen LogP contribution is -1.91. The van der Waals surface area contributed by atoms with Crippen molar-refractivity contribution in [3.8, 4) is 11.1 Å². The second kappa shape index (κ2) is 3.64. The fourth-order valence-corrected chi connectivity index (χ4v) is 2.38. The monoisotopic (exact) mass is 206 g/mol. The summed E-state index contributed by atoms with van der Waals surface area (Å²) in [6.07, 6.45) is 4.52. The number of benzene rings is 2. The normalized spacial score (nSPS) is 17.4. The molecule has 1 aliphatic carbocycles. The molecule has 16 heavy (non-hydrogen) atoms. The van der Waals surface area contributed by atoms with E-state index in [4.69, 9.17) is 0 Å². The van der Waals surface area contributed by atoms with Gasteiger partial charge in [0, 0.05) is 0 Å². The molecule has 3 rings (SSSR count). The van der Waals surface area contributed by atoms with Gasteiger partial charge in [-0.1, -0.05) is 67.6 Å². The van der Waals surface area contributed by atoms with Gasteiger partial charge in [-0.05, 0) is 28.2 Å². The molecule has 1 atom stereocenters. The predicted molar refractivity (Wildman–Crippen MR) is 69.3 cm³/mol. The zero-order valence-corrected chi connectivity index (χ0v) is 9.35. The van der Waals surface area contributed by atoms with Crippen molar-refractivity contribution in [2.24, 2.45) is 0 Å². The van der Waals surface area contributed by atoms with Crippen LogP contribution < -0.4 is 0 Å². The highest BCUT2D eigenvalue weighted by atomic mass is 14.2. The van der Waals surface area contributed by atoms with Crippen molar-refractivity contribution in [3.63, 3.8) is 0 Å². The molecule has 2 aromatic rings. The van der Waals surface area contributed by atoms with Gasteiger partial charge in [0.15, 0.2) is 0 Å². The Morgan fingerprint density at radius 2 is 1.50 bits per heavy atom. The van der Waals surface area contributed by atoms with Crippen molar-refractivity contribution >= 4 is 6.08 Å². The van der Waals surface area contributed by atoms with E-state index in [9.17, 15) is 0 Å². The van der Waals surface area contributed by atoms with Gasteiger partial charge in [0.1, 0.15) is 0 Å². The van der Waals surface area contributed by atoms with Crippen LogP contribution >= 0.6 is 0 Å². The Labute approximate surface area is 96.3 Å². The maximum atomic E-state index is 2.28. The lowest BCUT2D eigenvalue weighted by Gasteiger charge is -2.11. The van der Waals surface area contributed by atoms with Crippen LogP contribution in [-0.2, 0) is 0 Å². The summed E-state index contributed by atoms with van der Waals surface area (Å²) in [4.78, 5) is 0. The summed E-state index contributed by atoms with van der Waals surface area (Å²) >= 11 is 0. The molecule has 0 amide bonds. The van der Waals surface area contributed by atoms with Gasteiger partial charge in [-0.3, -0.25) is 0 Å². The molecule has 0 heteroatoms. The molecule has 0 fully saturated rings. The van der Waals surface area contributed by atoms with Gasteiger partial charge >= 0.3 is 0 Å². The Morgan fingerprint density at radius 1 is 0.812 bits per heavy atom. The van der Waals surface area contributed by atoms with Crippen LogP contribution in [0.2, 0.25) is 0 Å². The van der Waals surface area contributed by atoms with E-state index in [1.165, 1.54) is 22.3 Å². The minimum absolute atomic E-state index is 0.489. The second-order valence-electron chi connectivity index (χ2n) is 4.32. The van der Waals surface area contributed by atoms with E-state index in [2.05, 4.69) is 67.6 Å². The Morgan fingerprint density at radius 3 is 2.38 bits per heavy atom. The summed E-state index contributed by atoms with van der Waals surface area (Å²) < 4.78 is 0. The van der Waals surface area contributed by atoms with Gasteiger partial charge < -0.3 is 0 Å². The summed E-state index contributed by atoms with van der Waals surface area (Å²) in [5.41, 5.74) is 5.46. The molecular weight excluding hydrogens is 192 g/mol. The predicted octanol–water partition coefficient (Wildman–Crippen LogP) is 4.48. The van der Waals surface area contributed by atoms with E-state index in [0.717, 1.165) is 0 Å². The smallest absolute Gasteiger partial charge is 0.0000948 e. The first-order valence-electron chi connectivity index (χ1n) is 5.73. The zero-order chi connectivity index (χ0) is 11.0. The minimum Gasteiger partial charge on any atom is -0.0766 e. The Bertz CT molecular complexity index is 549. The first-order valence-corrected chi connectivity index (χ1v) is 5.73. The maximum absolute atomic E-state index is 2.28. The average molecular weight is 206 g/mol. The first kappa shape index (κ1) is 9.41. The van der Waals surface area contributed by atoms with E-state index in [-0.39, 0.29) is 0 Å². The number of allylic oxidation sites excluding steroid dienone is 1. The van der Waals surface area contributed by atoms with Gasteiger partial charge in [-0.2, -0.15) is 0 Å². The van der Waals surface area contributed by atoms with Gasteiger partial charge in [0.05, 0.1) is 0 Å². The van der Waals surface area contributed by atoms with E-state index in [0.29, 0.717) is 5.92 Å². The molecule has 0 aromatic heterocycles. The third-order valence-electron chi connectivity index (χ3n) is 3.27. The fraction of sp³-hybridized carbons (Fsp3) is 0.125. The maximum Gasteiger partial charge on any atom is -0.0000948 e. The quantitative estimate of drug-likeness (QED) is 0.596. The fourth-order valence-electron chi connectivity index (χ4n) is 2.38. The number of hydrogen-bond acceptors (Lipinski definition) is 0. The van der Waals surface area contributed by atoms with Gasteiger partial charge in [-0.25, -0.2) is 0 Å². The molecule has 0 bridgehead atoms. The molecule has 0 radical (unpaired) electrons. The topological polar surface area (TPSA) is 0 Å². The molecule has 0 saturated heterocycles. The molecule has 78 valence electrons. The van der Waals surface area contributed by atoms with Crippen molar-refractivity contribution in [2.75, 3.05) is 0 Å². The second-order valence-corrected chi connectivity index (χ2v) is 4.32. The van der Waals surface area contributed by atoms with Crippen molar-refractivity contribution < 1.29 is 0 Å². The van der Waals surface area contributed by atoms with Crippen LogP contribution in [0.5, 0.6) is 0 Å². The highest BCUT2D eigenvalue weighted by Crippen LogP contribution is 2.35. The van der Waals surface area contributed by atoms with Crippen molar-refractivity contribution in [3.05, 3.63) is 65.7 Å². The molecule has 0 saturated carbocycles. The molecular formula is C16H14. The minimum atomic E-state index is 0.489. The van der Waals surface area contributed by atoms with Gasteiger partial charge in [0.25, 0.3) is 0 Å². The van der Waals surface area contributed by atoms with E-state index >= 15 is 0 Å². The summed E-state index contributed by atoms with van der Waals surface area (Å²) in [5.74, 6) is 0.489. The van der Waals surface area contributed by atoms with E-state index in [1.807, 2.05) is 0 Å². The van der Waals surface area contributed by atoms with Crippen LogP contribution in [0.1, 0.15) is 24.0 Å². The molecule has 0 heterocycles. The first-order chi connectivity index (χ1) is 7.86. The lowest BCUT2D eigenvalue weighted by molar-refractivity contribution is 0.979. The molecule has 1 aliphatic rings. The van der Waals surface area contributed by atoms with Gasteiger partial charge in [0.2, 0.25) is 0 Å². The largest absolute Gasteiger partial charge is 0.0766 e. The SMILES string of the molecule is CC1C=Cc2ccccc2-c2ccccc21.